The topological polar surface area (TPSA) is 72.6 Å². The van der Waals surface area contributed by atoms with Gasteiger partial charge in [0.1, 0.15) is 17.6 Å². The largest absolute Gasteiger partial charge is 0.512 e. The minimum Gasteiger partial charge on any atom is -0.512 e. The molecule has 5 nitrogen and oxygen atoms in total. The number of benzene rings is 2. The van der Waals surface area contributed by atoms with Crippen LogP contribution in [0.2, 0.25) is 0 Å². The van der Waals surface area contributed by atoms with Crippen LogP contribution in [0.25, 0.3) is 38.9 Å². The summed E-state index contributed by atoms with van der Waals surface area (Å²) in [5, 5.41) is 13.5. The number of carbonyl (C=O) groups is 1. The first-order valence-electron chi connectivity index (χ1n) is 18.2. The number of allylic oxidation sites excluding steroid dienone is 4. The van der Waals surface area contributed by atoms with Crippen LogP contribution in [-0.4, -0.2) is 22.0 Å². The van der Waals surface area contributed by atoms with Gasteiger partial charge in [0.2, 0.25) is 5.71 Å². The van der Waals surface area contributed by atoms with Crippen molar-refractivity contribution in [3.63, 3.8) is 0 Å². The summed E-state index contributed by atoms with van der Waals surface area (Å²) in [6, 6.07) is 16.4. The second kappa shape index (κ2) is 15.9. The Balaban J connectivity index is 0.000000279. The summed E-state index contributed by atoms with van der Waals surface area (Å²) in [7, 11) is 0. The zero-order valence-corrected chi connectivity index (χ0v) is 34.3. The van der Waals surface area contributed by atoms with Crippen LogP contribution >= 0.6 is 0 Å². The van der Waals surface area contributed by atoms with Crippen molar-refractivity contribution in [1.82, 2.24) is 4.98 Å². The van der Waals surface area contributed by atoms with E-state index in [9.17, 15) is 9.90 Å². The average Bonchev–Trinajstić information content (AvgIpc) is 3.73. The maximum absolute atomic E-state index is 12.2. The Morgan fingerprint density at radius 3 is 2.22 bits per heavy atom. The maximum atomic E-state index is 12.2. The molecule has 1 radical (unpaired) electrons. The van der Waals surface area contributed by atoms with E-state index in [0.29, 0.717) is 5.71 Å². The van der Waals surface area contributed by atoms with Gasteiger partial charge in [-0.05, 0) is 55.7 Å². The molecule has 0 amide bonds. The van der Waals surface area contributed by atoms with Gasteiger partial charge >= 0.3 is 0 Å². The molecule has 2 aromatic carbocycles. The second-order valence-corrected chi connectivity index (χ2v) is 15.4. The van der Waals surface area contributed by atoms with Gasteiger partial charge in [-0.25, -0.2) is 0 Å². The predicted octanol–water partition coefficient (Wildman–Crippen LogP) is 12.2. The number of ketones is 1. The van der Waals surface area contributed by atoms with Crippen molar-refractivity contribution in [1.29, 1.82) is 0 Å². The molecule has 2 aromatic heterocycles. The van der Waals surface area contributed by atoms with Crippen molar-refractivity contribution in [3.8, 4) is 11.3 Å². The van der Waals surface area contributed by atoms with E-state index < -0.39 is 0 Å². The van der Waals surface area contributed by atoms with E-state index in [0.717, 1.165) is 64.6 Å². The number of hydrogen-bond acceptors (Lipinski definition) is 5. The zero-order chi connectivity index (χ0) is 36.4. The van der Waals surface area contributed by atoms with Crippen molar-refractivity contribution in [2.75, 3.05) is 0 Å². The van der Waals surface area contributed by atoms with E-state index >= 15 is 0 Å². The van der Waals surface area contributed by atoms with Crippen molar-refractivity contribution < 1.29 is 39.2 Å². The fourth-order valence-electron chi connectivity index (χ4n) is 6.58. The monoisotopic (exact) mass is 865 g/mol. The van der Waals surface area contributed by atoms with Crippen LogP contribution < -0.4 is 0 Å². The molecule has 51 heavy (non-hydrogen) atoms. The third kappa shape index (κ3) is 8.18. The number of furan rings is 1. The van der Waals surface area contributed by atoms with Crippen molar-refractivity contribution in [2.24, 2.45) is 16.7 Å². The van der Waals surface area contributed by atoms with Crippen LogP contribution in [0.1, 0.15) is 105 Å². The molecule has 3 heterocycles. The SMILES string of the molecule is CCC(C)(CC)C(=O)/C=C(\O)C(C)(CC)CC.Cc1coc2nc(-c3[c-]c4ccccc4c(C(C)(C)C)c3)cc(C3=CC4C=CC=CC4O3)c12.[Ir]. The van der Waals surface area contributed by atoms with Gasteiger partial charge in [-0.1, -0.05) is 116 Å². The quantitative estimate of drug-likeness (QED) is 0.103. The smallest absolute Gasteiger partial charge is 0.219 e. The molecule has 1 N–H and O–H groups in total. The van der Waals surface area contributed by atoms with Gasteiger partial charge in [-0.2, -0.15) is 0 Å². The van der Waals surface area contributed by atoms with Crippen LogP contribution in [0, 0.1) is 29.7 Å². The van der Waals surface area contributed by atoms with E-state index in [-0.39, 0.29) is 59.9 Å². The number of carbonyl (C=O) groups excluding carboxylic acids is 1. The van der Waals surface area contributed by atoms with Crippen LogP contribution in [0.15, 0.2) is 89.3 Å². The fraction of sp³-hybridized carbons (Fsp3) is 0.422. The van der Waals surface area contributed by atoms with Gasteiger partial charge in [0.05, 0.1) is 11.6 Å². The first kappa shape index (κ1) is 40.0. The summed E-state index contributed by atoms with van der Waals surface area (Å²) in [4.78, 5) is 17.1. The van der Waals surface area contributed by atoms with Gasteiger partial charge in [-0.3, -0.25) is 9.78 Å². The van der Waals surface area contributed by atoms with Gasteiger partial charge in [0.15, 0.2) is 5.78 Å². The summed E-state index contributed by atoms with van der Waals surface area (Å²) < 4.78 is 12.2. The Kier molecular flexibility index (Phi) is 12.5. The number of nitrogens with zero attached hydrogens (tertiary/aromatic N) is 1. The summed E-state index contributed by atoms with van der Waals surface area (Å²) in [5.41, 5.74) is 5.18. The van der Waals surface area contributed by atoms with Crippen LogP contribution in [0.3, 0.4) is 0 Å². The number of pyridine rings is 1. The standard InChI is InChI=1S/C30H26NO2.C15H28O2.Ir/c1-18-17-32-29-28(18)23(27-15-20-10-6-8-12-26(20)33-27)16-25(31-29)21-13-19-9-5-7-11-22(19)24(14-21)30(2,3)4;1-7-14(5,8-2)12(16)11-13(17)15(6,9-3)10-4;/h5-12,14-17,20,26H,1-4H3;11,16H,7-10H2,1-6H3;/q-1;;/b;12-11-;. The average molecular weight is 865 g/mol. The van der Waals surface area contributed by atoms with Crippen molar-refractivity contribution >= 4 is 33.4 Å². The number of rotatable bonds is 9. The molecule has 6 heteroatoms. The van der Waals surface area contributed by atoms with Crippen LogP contribution in [0.4, 0.5) is 0 Å². The second-order valence-electron chi connectivity index (χ2n) is 15.4. The predicted molar refractivity (Wildman–Crippen MR) is 207 cm³/mol. The molecule has 2 aliphatic rings. The molecule has 0 saturated carbocycles. The van der Waals surface area contributed by atoms with Gasteiger partial charge in [0.25, 0.3) is 0 Å². The number of hydrogen-bond donors (Lipinski definition) is 1. The zero-order valence-electron chi connectivity index (χ0n) is 31.9. The molecule has 2 unspecified atom stereocenters. The van der Waals surface area contributed by atoms with Crippen molar-refractivity contribution in [2.45, 2.75) is 106 Å². The summed E-state index contributed by atoms with van der Waals surface area (Å²) in [5.74, 6) is 1.42. The number of aliphatic hydroxyl groups is 1. The normalized spacial score (nSPS) is 17.4. The third-order valence-electron chi connectivity index (χ3n) is 11.2. The first-order valence-corrected chi connectivity index (χ1v) is 18.2. The Bertz CT molecular complexity index is 2000. The van der Waals surface area contributed by atoms with Gasteiger partial charge < -0.3 is 14.3 Å². The molecule has 0 fully saturated rings. The number of aromatic nitrogens is 1. The van der Waals surface area contributed by atoms with Crippen LogP contribution in [0.5, 0.6) is 0 Å². The van der Waals surface area contributed by atoms with Gasteiger partial charge in [0, 0.05) is 54.2 Å². The number of aliphatic hydroxyl groups excluding tert-OH is 1. The van der Waals surface area contributed by atoms with E-state index in [1.165, 1.54) is 17.0 Å². The Morgan fingerprint density at radius 1 is 0.941 bits per heavy atom. The molecule has 6 rings (SSSR count). The van der Waals surface area contributed by atoms with E-state index in [1.54, 1.807) is 6.26 Å². The number of ether oxygens (including phenoxy) is 1. The molecule has 0 spiro atoms. The molecule has 0 bridgehead atoms. The molecule has 273 valence electrons. The first-order chi connectivity index (χ1) is 23.7. The summed E-state index contributed by atoms with van der Waals surface area (Å²) in [6.07, 6.45) is 17.2. The third-order valence-corrected chi connectivity index (χ3v) is 11.2. The molecule has 4 aromatic rings. The Hall–Kier alpha value is -3.73. The number of aryl methyl sites for hydroxylation is 1. The molecule has 1 aliphatic heterocycles. The molecular formula is C45H54IrNO4-. The van der Waals surface area contributed by atoms with Crippen LogP contribution in [-0.2, 0) is 35.1 Å². The minimum atomic E-state index is -0.337. The number of fused-ring (bicyclic) bond motifs is 3. The summed E-state index contributed by atoms with van der Waals surface area (Å²) >= 11 is 0. The molecular weight excluding hydrogens is 811 g/mol. The minimum absolute atomic E-state index is 0. The Labute approximate surface area is 318 Å². The van der Waals surface area contributed by atoms with Crippen molar-refractivity contribution in [3.05, 3.63) is 108 Å². The maximum Gasteiger partial charge on any atom is 0.219 e. The fourth-order valence-corrected chi connectivity index (χ4v) is 6.58. The molecule has 1 aliphatic carbocycles. The van der Waals surface area contributed by atoms with E-state index in [4.69, 9.17) is 14.1 Å². The van der Waals surface area contributed by atoms with E-state index in [2.05, 4.69) is 94.5 Å². The van der Waals surface area contributed by atoms with E-state index in [1.807, 2.05) is 47.6 Å². The Morgan fingerprint density at radius 2 is 1.59 bits per heavy atom. The van der Waals surface area contributed by atoms with Gasteiger partial charge in [-0.15, -0.1) is 29.1 Å². The molecule has 2 atom stereocenters. The summed E-state index contributed by atoms with van der Waals surface area (Å²) in [6.45, 7) is 20.9. The molecule has 0 saturated heterocycles.